The Morgan fingerprint density at radius 3 is 2.37 bits per heavy atom. The highest BCUT2D eigenvalue weighted by atomic mass is 16.5. The van der Waals surface area contributed by atoms with Gasteiger partial charge in [0.25, 0.3) is 5.91 Å². The number of nitrogens with zero attached hydrogens (tertiary/aromatic N) is 1. The van der Waals surface area contributed by atoms with Crippen molar-refractivity contribution in [3.63, 3.8) is 0 Å². The normalized spacial score (nSPS) is 14.1. The summed E-state index contributed by atoms with van der Waals surface area (Å²) in [5.41, 5.74) is 4.36. The summed E-state index contributed by atoms with van der Waals surface area (Å²) < 4.78 is 15.9. The van der Waals surface area contributed by atoms with Crippen LogP contribution in [0.5, 0.6) is 11.5 Å². The second-order valence-corrected chi connectivity index (χ2v) is 7.46. The van der Waals surface area contributed by atoms with Crippen molar-refractivity contribution < 1.29 is 28.9 Å². The third kappa shape index (κ3) is 4.14. The zero-order valence-corrected chi connectivity index (χ0v) is 18.0. The minimum atomic E-state index is -0.700. The highest BCUT2D eigenvalue weighted by Gasteiger charge is 2.25. The highest BCUT2D eigenvalue weighted by molar-refractivity contribution is 5.91. The Kier molecular flexibility index (Phi) is 6.36. The average Bonchev–Trinajstić information content (AvgIpc) is 3.04. The lowest BCUT2D eigenvalue weighted by Gasteiger charge is -2.29. The lowest BCUT2D eigenvalue weighted by molar-refractivity contribution is -0.135. The number of carbonyl (C=O) groups is 2. The number of H-pyrrole nitrogens is 1. The molecule has 1 amide bonds. The third-order valence-electron chi connectivity index (χ3n) is 5.51. The minimum absolute atomic E-state index is 0.261. The maximum Gasteiger partial charge on any atom is 0.355 e. The summed E-state index contributed by atoms with van der Waals surface area (Å²) in [6.07, 6.45) is -0.0179. The molecule has 0 aliphatic carbocycles. The van der Waals surface area contributed by atoms with E-state index in [1.807, 2.05) is 12.1 Å². The largest absolute Gasteiger partial charge is 0.493 e. The molecular formula is C22H28N2O6. The highest BCUT2D eigenvalue weighted by Crippen LogP contribution is 2.33. The molecule has 2 heterocycles. The second kappa shape index (κ2) is 8.79. The molecule has 0 spiro atoms. The summed E-state index contributed by atoms with van der Waals surface area (Å²) in [4.78, 5) is 29.7. The molecule has 0 saturated heterocycles. The van der Waals surface area contributed by atoms with Crippen LogP contribution < -0.4 is 9.47 Å². The van der Waals surface area contributed by atoms with Crippen molar-refractivity contribution in [1.29, 1.82) is 0 Å². The predicted molar refractivity (Wildman–Crippen MR) is 110 cm³/mol. The van der Waals surface area contributed by atoms with Crippen molar-refractivity contribution in [2.75, 3.05) is 27.4 Å². The van der Waals surface area contributed by atoms with E-state index in [1.54, 1.807) is 39.9 Å². The number of benzene rings is 1. The summed E-state index contributed by atoms with van der Waals surface area (Å²) in [7, 11) is 3.16. The molecule has 0 bridgehead atoms. The maximum absolute atomic E-state index is 12.6. The number of methoxy groups -OCH3 is 2. The summed E-state index contributed by atoms with van der Waals surface area (Å²) >= 11 is 0. The molecule has 1 atom stereocenters. The fourth-order valence-corrected chi connectivity index (χ4v) is 3.98. The summed E-state index contributed by atoms with van der Waals surface area (Å²) in [6, 6.07) is 3.81. The van der Waals surface area contributed by atoms with Gasteiger partial charge in [0.2, 0.25) is 0 Å². The van der Waals surface area contributed by atoms with Crippen LogP contribution >= 0.6 is 0 Å². The average molecular weight is 416 g/mol. The van der Waals surface area contributed by atoms with Crippen molar-refractivity contribution in [1.82, 2.24) is 9.88 Å². The molecule has 162 valence electrons. The number of aromatic amines is 1. The molecule has 30 heavy (non-hydrogen) atoms. The van der Waals surface area contributed by atoms with E-state index in [0.29, 0.717) is 47.8 Å². The lowest BCUT2D eigenvalue weighted by atomic mass is 9.99. The number of fused-ring (bicyclic) bond motifs is 1. The van der Waals surface area contributed by atoms with Crippen LogP contribution in [0.15, 0.2) is 12.1 Å². The first-order valence-electron chi connectivity index (χ1n) is 9.82. The van der Waals surface area contributed by atoms with Crippen LogP contribution in [-0.4, -0.2) is 54.2 Å². The summed E-state index contributed by atoms with van der Waals surface area (Å²) in [6.45, 7) is 5.77. The van der Waals surface area contributed by atoms with Gasteiger partial charge in [-0.15, -0.1) is 0 Å². The number of nitrogens with one attached hydrogen (secondary N) is 1. The summed E-state index contributed by atoms with van der Waals surface area (Å²) in [5.74, 6) is 0.404. The number of amides is 1. The van der Waals surface area contributed by atoms with E-state index in [4.69, 9.17) is 14.2 Å². The van der Waals surface area contributed by atoms with Gasteiger partial charge in [-0.3, -0.25) is 4.79 Å². The molecule has 3 rings (SSSR count). The van der Waals surface area contributed by atoms with Crippen LogP contribution in [0, 0.1) is 13.8 Å². The van der Waals surface area contributed by atoms with Crippen LogP contribution in [0.3, 0.4) is 0 Å². The van der Waals surface area contributed by atoms with Crippen LogP contribution in [0.1, 0.15) is 51.5 Å². The number of hydrogen-bond donors (Lipinski definition) is 2. The lowest BCUT2D eigenvalue weighted by Crippen LogP contribution is -2.38. The molecule has 8 heteroatoms. The molecule has 0 radical (unpaired) electrons. The number of esters is 1. The van der Waals surface area contributed by atoms with E-state index in [2.05, 4.69) is 4.98 Å². The predicted octanol–water partition coefficient (Wildman–Crippen LogP) is 2.44. The zero-order chi connectivity index (χ0) is 22.0. The number of aliphatic hydroxyl groups excluding tert-OH is 1. The number of rotatable bonds is 6. The Labute approximate surface area is 175 Å². The molecule has 2 N–H and O–H groups in total. The van der Waals surface area contributed by atoms with Crippen LogP contribution in [-0.2, 0) is 22.5 Å². The van der Waals surface area contributed by atoms with Gasteiger partial charge in [-0.2, -0.15) is 0 Å². The molecular weight excluding hydrogens is 388 g/mol. The first kappa shape index (κ1) is 21.7. The molecule has 1 aromatic heterocycles. The Balaban J connectivity index is 1.65. The van der Waals surface area contributed by atoms with Crippen molar-refractivity contribution in [2.45, 2.75) is 39.8 Å². The van der Waals surface area contributed by atoms with Crippen molar-refractivity contribution in [3.05, 3.63) is 45.8 Å². The standard InChI is InChI=1S/C22H28N2O6/c1-12-20(14(3)25)13(2)23-21(12)22(27)30-11-19(26)24-7-6-15-8-17(28-4)18(29-5)9-16(15)10-24/h8-9,14,23,25H,6-7,10-11H2,1-5H3/t14-/m1/s1. The number of aliphatic hydroxyl groups is 1. The second-order valence-electron chi connectivity index (χ2n) is 7.46. The van der Waals surface area contributed by atoms with Crippen molar-refractivity contribution in [3.8, 4) is 11.5 Å². The smallest absolute Gasteiger partial charge is 0.355 e. The van der Waals surface area contributed by atoms with Crippen LogP contribution in [0.25, 0.3) is 0 Å². The van der Waals surface area contributed by atoms with Crippen molar-refractivity contribution in [2.24, 2.45) is 0 Å². The first-order valence-corrected chi connectivity index (χ1v) is 9.82. The maximum atomic E-state index is 12.6. The molecule has 0 fully saturated rings. The first-order chi connectivity index (χ1) is 14.3. The number of hydrogen-bond acceptors (Lipinski definition) is 6. The minimum Gasteiger partial charge on any atom is -0.493 e. The molecule has 8 nitrogen and oxygen atoms in total. The van der Waals surface area contributed by atoms with Gasteiger partial charge in [-0.05, 0) is 56.0 Å². The number of aromatic nitrogens is 1. The van der Waals surface area contributed by atoms with Gasteiger partial charge in [0.1, 0.15) is 5.69 Å². The molecule has 2 aromatic rings. The van der Waals surface area contributed by atoms with E-state index in [1.165, 1.54) is 0 Å². The quantitative estimate of drug-likeness (QED) is 0.702. The fourth-order valence-electron chi connectivity index (χ4n) is 3.98. The number of carbonyl (C=O) groups excluding carboxylic acids is 2. The Morgan fingerprint density at radius 1 is 1.17 bits per heavy atom. The van der Waals surface area contributed by atoms with E-state index in [-0.39, 0.29) is 18.2 Å². The van der Waals surface area contributed by atoms with E-state index >= 15 is 0 Å². The SMILES string of the molecule is COc1cc2c(cc1OC)CN(C(=O)COC(=O)c1[nH]c(C)c([C@@H](C)O)c1C)CC2. The Morgan fingerprint density at radius 2 is 1.80 bits per heavy atom. The van der Waals surface area contributed by atoms with E-state index in [0.717, 1.165) is 11.1 Å². The van der Waals surface area contributed by atoms with Crippen LogP contribution in [0.2, 0.25) is 0 Å². The van der Waals surface area contributed by atoms with Gasteiger partial charge in [-0.25, -0.2) is 4.79 Å². The number of aryl methyl sites for hydroxylation is 1. The van der Waals surface area contributed by atoms with Gasteiger partial charge in [-0.1, -0.05) is 0 Å². The molecule has 1 aliphatic rings. The molecule has 1 aliphatic heterocycles. The molecule has 1 aromatic carbocycles. The third-order valence-corrected chi connectivity index (χ3v) is 5.51. The molecule has 0 unspecified atom stereocenters. The van der Waals surface area contributed by atoms with E-state index < -0.39 is 12.1 Å². The van der Waals surface area contributed by atoms with Gasteiger partial charge in [0.15, 0.2) is 18.1 Å². The Bertz CT molecular complexity index is 963. The monoisotopic (exact) mass is 416 g/mol. The Hall–Kier alpha value is -3.00. The summed E-state index contributed by atoms with van der Waals surface area (Å²) in [5, 5.41) is 9.87. The van der Waals surface area contributed by atoms with Gasteiger partial charge < -0.3 is 29.2 Å². The van der Waals surface area contributed by atoms with Crippen molar-refractivity contribution >= 4 is 11.9 Å². The number of ether oxygens (including phenoxy) is 3. The zero-order valence-electron chi connectivity index (χ0n) is 18.0. The van der Waals surface area contributed by atoms with E-state index in [9.17, 15) is 14.7 Å². The van der Waals surface area contributed by atoms with Gasteiger partial charge in [0.05, 0.1) is 20.3 Å². The van der Waals surface area contributed by atoms with Crippen LogP contribution in [0.4, 0.5) is 0 Å². The topological polar surface area (TPSA) is 101 Å². The molecule has 0 saturated carbocycles. The van der Waals surface area contributed by atoms with Gasteiger partial charge >= 0.3 is 5.97 Å². The fraction of sp³-hybridized carbons (Fsp3) is 0.455. The van der Waals surface area contributed by atoms with Gasteiger partial charge in [0, 0.05) is 24.3 Å².